The molecule has 0 radical (unpaired) electrons. The lowest BCUT2D eigenvalue weighted by Gasteiger charge is -2.32. The van der Waals surface area contributed by atoms with Crippen LogP contribution in [0.25, 0.3) is 10.9 Å². The highest BCUT2D eigenvalue weighted by Gasteiger charge is 2.31. The van der Waals surface area contributed by atoms with Gasteiger partial charge >= 0.3 is 5.69 Å². The Kier molecular flexibility index (Phi) is 6.07. The van der Waals surface area contributed by atoms with Gasteiger partial charge in [0.05, 0.1) is 10.4 Å². The highest BCUT2D eigenvalue weighted by Crippen LogP contribution is 2.27. The number of benzene rings is 2. The summed E-state index contributed by atoms with van der Waals surface area (Å²) in [4.78, 5) is 28.7. The number of fused-ring (bicyclic) bond motifs is 1. The van der Waals surface area contributed by atoms with Crippen molar-refractivity contribution < 1.29 is 17.6 Å². The predicted octanol–water partition coefficient (Wildman–Crippen LogP) is 2.74. The van der Waals surface area contributed by atoms with Gasteiger partial charge in [-0.25, -0.2) is 22.6 Å². The second-order valence-electron chi connectivity index (χ2n) is 7.86. The normalized spacial score (nSPS) is 17.4. The van der Waals surface area contributed by atoms with Crippen LogP contribution >= 0.6 is 0 Å². The molecule has 2 heterocycles. The van der Waals surface area contributed by atoms with Crippen LogP contribution in [0.1, 0.15) is 26.2 Å². The molecule has 3 aromatic rings. The Balaban J connectivity index is 1.63. The molecule has 168 valence electrons. The minimum absolute atomic E-state index is 0.0771. The van der Waals surface area contributed by atoms with Crippen molar-refractivity contribution in [1.82, 2.24) is 13.9 Å². The first-order chi connectivity index (χ1) is 15.3. The zero-order valence-electron chi connectivity index (χ0n) is 17.5. The summed E-state index contributed by atoms with van der Waals surface area (Å²) in [6.45, 7) is 2.05. The molecule has 1 fully saturated rings. The zero-order chi connectivity index (χ0) is 22.9. The highest BCUT2D eigenvalue weighted by atomic mass is 32.2. The molecule has 1 aromatic heterocycles. The molecule has 1 N–H and O–H groups in total. The quantitative estimate of drug-likeness (QED) is 0.634. The van der Waals surface area contributed by atoms with Crippen LogP contribution in [0.2, 0.25) is 0 Å². The van der Waals surface area contributed by atoms with Crippen molar-refractivity contribution in [2.75, 3.05) is 11.9 Å². The third kappa shape index (κ3) is 4.42. The molecule has 0 saturated carbocycles. The van der Waals surface area contributed by atoms with Crippen molar-refractivity contribution >= 4 is 32.5 Å². The predicted molar refractivity (Wildman–Crippen MR) is 118 cm³/mol. The van der Waals surface area contributed by atoms with E-state index in [0.717, 1.165) is 19.3 Å². The van der Waals surface area contributed by atoms with Crippen molar-refractivity contribution in [3.8, 4) is 0 Å². The molecule has 4 rings (SSSR count). The number of sulfonamides is 1. The Morgan fingerprint density at radius 1 is 1.19 bits per heavy atom. The molecule has 0 bridgehead atoms. The van der Waals surface area contributed by atoms with Crippen molar-refractivity contribution in [1.29, 1.82) is 0 Å². The minimum Gasteiger partial charge on any atom is -0.325 e. The van der Waals surface area contributed by atoms with E-state index in [0.29, 0.717) is 23.1 Å². The summed E-state index contributed by atoms with van der Waals surface area (Å²) < 4.78 is 42.0. The number of nitrogens with one attached hydrogen (secondary N) is 1. The molecular formula is C22H23FN4O4S. The van der Waals surface area contributed by atoms with Gasteiger partial charge in [0.2, 0.25) is 15.9 Å². The number of aromatic nitrogens is 2. The summed E-state index contributed by atoms with van der Waals surface area (Å²) in [5.41, 5.74) is 0.151. The summed E-state index contributed by atoms with van der Waals surface area (Å²) in [6, 6.07) is 9.63. The fourth-order valence-corrected chi connectivity index (χ4v) is 5.67. The maximum Gasteiger partial charge on any atom is 0.348 e. The summed E-state index contributed by atoms with van der Waals surface area (Å²) in [7, 11) is -3.68. The van der Waals surface area contributed by atoms with Crippen LogP contribution in [0.15, 0.2) is 58.4 Å². The van der Waals surface area contributed by atoms with E-state index in [-0.39, 0.29) is 17.5 Å². The van der Waals surface area contributed by atoms with Crippen molar-refractivity contribution in [2.24, 2.45) is 0 Å². The van der Waals surface area contributed by atoms with Crippen molar-refractivity contribution in [2.45, 2.75) is 43.7 Å². The minimum atomic E-state index is -3.68. The number of halogens is 1. The van der Waals surface area contributed by atoms with E-state index in [1.165, 1.54) is 57.5 Å². The van der Waals surface area contributed by atoms with Gasteiger partial charge in [-0.1, -0.05) is 6.42 Å². The summed E-state index contributed by atoms with van der Waals surface area (Å²) in [5, 5.41) is 3.03. The van der Waals surface area contributed by atoms with Gasteiger partial charge in [0.1, 0.15) is 12.4 Å². The van der Waals surface area contributed by atoms with E-state index in [2.05, 4.69) is 10.3 Å². The van der Waals surface area contributed by atoms with Gasteiger partial charge in [0, 0.05) is 29.9 Å². The lowest BCUT2D eigenvalue weighted by molar-refractivity contribution is -0.116. The first kappa shape index (κ1) is 22.1. The number of carbonyl (C=O) groups is 1. The number of anilines is 1. The lowest BCUT2D eigenvalue weighted by Crippen LogP contribution is -2.41. The fraction of sp³-hybridized carbons (Fsp3) is 0.318. The average molecular weight is 459 g/mol. The molecule has 0 aliphatic carbocycles. The van der Waals surface area contributed by atoms with E-state index < -0.39 is 27.4 Å². The summed E-state index contributed by atoms with van der Waals surface area (Å²) in [5.74, 6) is -0.922. The highest BCUT2D eigenvalue weighted by molar-refractivity contribution is 7.89. The molecule has 1 aliphatic rings. The second-order valence-corrected chi connectivity index (χ2v) is 9.75. The number of piperidine rings is 1. The summed E-state index contributed by atoms with van der Waals surface area (Å²) >= 11 is 0. The SMILES string of the molecule is CC1CCCCN1S(=O)(=O)c1ccc2c(cnc(=O)n2CC(=O)Nc2ccc(F)cc2)c1. The Bertz CT molecular complexity index is 1320. The van der Waals surface area contributed by atoms with Gasteiger partial charge in [-0.2, -0.15) is 4.31 Å². The van der Waals surface area contributed by atoms with Crippen molar-refractivity contribution in [3.63, 3.8) is 0 Å². The van der Waals surface area contributed by atoms with Gasteiger partial charge < -0.3 is 5.32 Å². The Morgan fingerprint density at radius 3 is 2.66 bits per heavy atom. The smallest absolute Gasteiger partial charge is 0.325 e. The lowest BCUT2D eigenvalue weighted by atomic mass is 10.1. The standard InChI is InChI=1S/C22H23FN4O4S/c1-15-4-2-3-11-27(15)32(30,31)19-9-10-20-16(12-19)13-24-22(29)26(20)14-21(28)25-18-7-5-17(23)6-8-18/h5-10,12-13,15H,2-4,11,14H2,1H3,(H,25,28). The van der Waals surface area contributed by atoms with Crippen LogP contribution in [-0.4, -0.2) is 40.8 Å². The number of amides is 1. The van der Waals surface area contributed by atoms with E-state index in [1.54, 1.807) is 0 Å². The molecule has 1 atom stereocenters. The molecule has 0 spiro atoms. The van der Waals surface area contributed by atoms with Gasteiger partial charge in [0.15, 0.2) is 0 Å². The number of hydrogen-bond donors (Lipinski definition) is 1. The van der Waals surface area contributed by atoms with E-state index in [9.17, 15) is 22.4 Å². The fourth-order valence-electron chi connectivity index (χ4n) is 3.93. The van der Waals surface area contributed by atoms with Crippen LogP contribution in [0.4, 0.5) is 10.1 Å². The Hall–Kier alpha value is -3.11. The zero-order valence-corrected chi connectivity index (χ0v) is 18.3. The third-order valence-electron chi connectivity index (χ3n) is 5.61. The maximum atomic E-state index is 13.1. The Morgan fingerprint density at radius 2 is 1.94 bits per heavy atom. The van der Waals surface area contributed by atoms with Gasteiger partial charge in [-0.15, -0.1) is 0 Å². The number of hydrogen-bond acceptors (Lipinski definition) is 5. The maximum absolute atomic E-state index is 13.1. The first-order valence-corrected chi connectivity index (χ1v) is 11.8. The van der Waals surface area contributed by atoms with Gasteiger partial charge in [-0.3, -0.25) is 9.36 Å². The van der Waals surface area contributed by atoms with E-state index >= 15 is 0 Å². The topological polar surface area (TPSA) is 101 Å². The molecule has 8 nitrogen and oxygen atoms in total. The molecule has 10 heteroatoms. The van der Waals surface area contributed by atoms with Crippen LogP contribution in [0.5, 0.6) is 0 Å². The molecule has 32 heavy (non-hydrogen) atoms. The molecule has 2 aromatic carbocycles. The van der Waals surface area contributed by atoms with Crippen LogP contribution < -0.4 is 11.0 Å². The number of rotatable bonds is 5. The first-order valence-electron chi connectivity index (χ1n) is 10.3. The van der Waals surface area contributed by atoms with E-state index in [4.69, 9.17) is 0 Å². The largest absolute Gasteiger partial charge is 0.348 e. The summed E-state index contributed by atoms with van der Waals surface area (Å²) in [6.07, 6.45) is 3.95. The average Bonchev–Trinajstić information content (AvgIpc) is 2.77. The second kappa shape index (κ2) is 8.79. The Labute approximate surface area is 184 Å². The van der Waals surface area contributed by atoms with E-state index in [1.807, 2.05) is 6.92 Å². The number of carbonyl (C=O) groups excluding carboxylic acids is 1. The molecule has 1 aliphatic heterocycles. The van der Waals surface area contributed by atoms with Gasteiger partial charge in [-0.05, 0) is 62.2 Å². The van der Waals surface area contributed by atoms with Crippen molar-refractivity contribution in [3.05, 3.63) is 65.0 Å². The van der Waals surface area contributed by atoms with Crippen LogP contribution in [0.3, 0.4) is 0 Å². The molecule has 1 unspecified atom stereocenters. The third-order valence-corrected chi connectivity index (χ3v) is 7.62. The van der Waals surface area contributed by atoms with Crippen LogP contribution in [0, 0.1) is 5.82 Å². The monoisotopic (exact) mass is 458 g/mol. The number of nitrogens with zero attached hydrogens (tertiary/aromatic N) is 3. The molecular weight excluding hydrogens is 435 g/mol. The van der Waals surface area contributed by atoms with Crippen LogP contribution in [-0.2, 0) is 21.4 Å². The van der Waals surface area contributed by atoms with Gasteiger partial charge in [0.25, 0.3) is 0 Å². The molecule has 1 amide bonds. The molecule has 1 saturated heterocycles.